The number of aliphatic hydroxyl groups excluding tert-OH is 1. The standard InChI is InChI=1S/C12H16N4O3.2C2H6/c1-7-3-14-12(15-6-10(7)17)16-9-2-8(11(18)19)4-13-5-9;2*1-2/h2,4-5,7,10,17H,3,6H2,1H3,(H,18,19)(H2,14,15,16);2*1-2H3/t7?,10-;;/m0../s1. The Balaban J connectivity index is 0.00000112. The van der Waals surface area contributed by atoms with Crippen LogP contribution >= 0.6 is 0 Å². The number of guanidine groups is 1. The molecule has 2 heterocycles. The number of hydrogen-bond donors (Lipinski definition) is 4. The number of pyridine rings is 1. The minimum Gasteiger partial charge on any atom is -0.478 e. The quantitative estimate of drug-likeness (QED) is 0.664. The van der Waals surface area contributed by atoms with Crippen molar-refractivity contribution in [3.8, 4) is 0 Å². The predicted octanol–water partition coefficient (Wildman–Crippen LogP) is 2.20. The zero-order valence-corrected chi connectivity index (χ0v) is 14.5. The molecule has 7 nitrogen and oxygen atoms in total. The molecule has 1 aromatic heterocycles. The highest BCUT2D eigenvalue weighted by molar-refractivity contribution is 5.95. The summed E-state index contributed by atoms with van der Waals surface area (Å²) in [6, 6.07) is 1.48. The largest absolute Gasteiger partial charge is 0.478 e. The molecule has 0 amide bonds. The second kappa shape index (κ2) is 11.4. The molecule has 1 unspecified atom stereocenters. The number of carboxylic acids is 1. The van der Waals surface area contributed by atoms with Crippen molar-refractivity contribution in [3.05, 3.63) is 24.0 Å². The van der Waals surface area contributed by atoms with Crippen LogP contribution in [0, 0.1) is 5.92 Å². The van der Waals surface area contributed by atoms with Crippen LogP contribution in [-0.2, 0) is 0 Å². The third kappa shape index (κ3) is 7.10. The molecule has 2 atom stereocenters. The Hall–Kier alpha value is -2.15. The maximum absolute atomic E-state index is 10.8. The number of anilines is 1. The van der Waals surface area contributed by atoms with E-state index in [1.54, 1.807) is 0 Å². The molecule has 0 bridgehead atoms. The van der Waals surface area contributed by atoms with Gasteiger partial charge in [0.15, 0.2) is 5.96 Å². The highest BCUT2D eigenvalue weighted by atomic mass is 16.4. The number of β-amino-alcohol motifs (C(OH)–C–C–N with tert-alkyl or cyclic N) is 1. The van der Waals surface area contributed by atoms with Crippen molar-refractivity contribution in [1.82, 2.24) is 10.3 Å². The zero-order chi connectivity index (χ0) is 17.8. The molecule has 1 aromatic rings. The van der Waals surface area contributed by atoms with Gasteiger partial charge in [-0.05, 0) is 6.07 Å². The average molecular weight is 324 g/mol. The maximum Gasteiger partial charge on any atom is 0.337 e. The van der Waals surface area contributed by atoms with Crippen LogP contribution in [0.25, 0.3) is 0 Å². The Morgan fingerprint density at radius 1 is 1.30 bits per heavy atom. The summed E-state index contributed by atoms with van der Waals surface area (Å²) in [5.41, 5.74) is 0.641. The lowest BCUT2D eigenvalue weighted by molar-refractivity contribution is 0.0696. The van der Waals surface area contributed by atoms with Gasteiger partial charge < -0.3 is 20.8 Å². The van der Waals surface area contributed by atoms with Crippen LogP contribution in [0.4, 0.5) is 5.69 Å². The van der Waals surface area contributed by atoms with Crippen molar-refractivity contribution in [2.75, 3.05) is 18.4 Å². The molecule has 2 rings (SSSR count). The van der Waals surface area contributed by atoms with Gasteiger partial charge in [-0.2, -0.15) is 0 Å². The molecular weight excluding hydrogens is 296 g/mol. The van der Waals surface area contributed by atoms with Crippen LogP contribution in [-0.4, -0.2) is 46.3 Å². The number of aromatic nitrogens is 1. The highest BCUT2D eigenvalue weighted by Gasteiger charge is 2.18. The fraction of sp³-hybridized carbons (Fsp3) is 0.562. The number of hydrogen-bond acceptors (Lipinski definition) is 6. The molecule has 0 spiro atoms. The van der Waals surface area contributed by atoms with Crippen LogP contribution in [0.15, 0.2) is 23.5 Å². The number of carbonyl (C=O) groups is 1. The SMILES string of the molecule is CC.CC.CC1CN=C(Nc2cncc(C(=O)O)c2)NC[C@@H]1O. The molecule has 23 heavy (non-hydrogen) atoms. The first-order chi connectivity index (χ1) is 11.1. The molecular formula is C16H28N4O3. The third-order valence-electron chi connectivity index (χ3n) is 2.92. The van der Waals surface area contributed by atoms with Gasteiger partial charge in [0.2, 0.25) is 0 Å². The minimum atomic E-state index is -1.03. The molecule has 0 radical (unpaired) electrons. The number of carboxylic acid groups (broad SMARTS) is 1. The number of aliphatic imine (C=N–C) groups is 1. The molecule has 0 saturated carbocycles. The summed E-state index contributed by atoms with van der Waals surface area (Å²) >= 11 is 0. The third-order valence-corrected chi connectivity index (χ3v) is 2.92. The van der Waals surface area contributed by atoms with E-state index in [1.807, 2.05) is 34.6 Å². The summed E-state index contributed by atoms with van der Waals surface area (Å²) in [5, 5.41) is 24.5. The van der Waals surface area contributed by atoms with E-state index >= 15 is 0 Å². The van der Waals surface area contributed by atoms with Gasteiger partial charge in [0.25, 0.3) is 0 Å². The number of rotatable bonds is 2. The molecule has 0 saturated heterocycles. The molecule has 1 aliphatic heterocycles. The number of aromatic carboxylic acids is 1. The molecule has 7 heteroatoms. The summed E-state index contributed by atoms with van der Waals surface area (Å²) in [5.74, 6) is -0.445. The van der Waals surface area contributed by atoms with E-state index in [1.165, 1.54) is 18.5 Å². The molecule has 130 valence electrons. The Kier molecular flexibility index (Phi) is 10.4. The van der Waals surface area contributed by atoms with Crippen molar-refractivity contribution >= 4 is 17.6 Å². The first-order valence-corrected chi connectivity index (χ1v) is 7.98. The van der Waals surface area contributed by atoms with Crippen LogP contribution in [0.2, 0.25) is 0 Å². The molecule has 4 N–H and O–H groups in total. The summed E-state index contributed by atoms with van der Waals surface area (Å²) in [6.07, 6.45) is 2.34. The van der Waals surface area contributed by atoms with Gasteiger partial charge in [0.05, 0.1) is 23.6 Å². The van der Waals surface area contributed by atoms with Gasteiger partial charge in [-0.1, -0.05) is 34.6 Å². The summed E-state index contributed by atoms with van der Waals surface area (Å²) in [6.45, 7) is 10.8. The second-order valence-corrected chi connectivity index (χ2v) is 4.51. The van der Waals surface area contributed by atoms with Crippen molar-refractivity contribution in [2.45, 2.75) is 40.7 Å². The van der Waals surface area contributed by atoms with Gasteiger partial charge in [0.1, 0.15) is 0 Å². The molecule has 0 fully saturated rings. The fourth-order valence-corrected chi connectivity index (χ4v) is 1.66. The first kappa shape index (κ1) is 20.9. The number of nitrogens with one attached hydrogen (secondary N) is 2. The van der Waals surface area contributed by atoms with E-state index in [2.05, 4.69) is 20.6 Å². The topological polar surface area (TPSA) is 107 Å². The normalized spacial score (nSPS) is 19.5. The minimum absolute atomic E-state index is 0.0790. The summed E-state index contributed by atoms with van der Waals surface area (Å²) in [7, 11) is 0. The smallest absolute Gasteiger partial charge is 0.337 e. The Bertz CT molecular complexity index is 506. The number of nitrogens with zero attached hydrogens (tertiary/aromatic N) is 2. The van der Waals surface area contributed by atoms with Crippen LogP contribution in [0.3, 0.4) is 0 Å². The van der Waals surface area contributed by atoms with Crippen molar-refractivity contribution in [2.24, 2.45) is 10.9 Å². The van der Waals surface area contributed by atoms with Gasteiger partial charge in [-0.25, -0.2) is 4.79 Å². The van der Waals surface area contributed by atoms with E-state index in [0.717, 1.165) is 0 Å². The van der Waals surface area contributed by atoms with Crippen LogP contribution in [0.1, 0.15) is 45.0 Å². The lowest BCUT2D eigenvalue weighted by atomic mass is 10.1. The molecule has 0 aromatic carbocycles. The summed E-state index contributed by atoms with van der Waals surface area (Å²) < 4.78 is 0. The first-order valence-electron chi connectivity index (χ1n) is 7.98. The number of aliphatic hydroxyl groups is 1. The molecule has 1 aliphatic rings. The maximum atomic E-state index is 10.8. The lowest BCUT2D eigenvalue weighted by Gasteiger charge is -2.14. The van der Waals surface area contributed by atoms with E-state index in [9.17, 15) is 9.90 Å². The zero-order valence-electron chi connectivity index (χ0n) is 14.5. The lowest BCUT2D eigenvalue weighted by Crippen LogP contribution is -2.36. The van der Waals surface area contributed by atoms with Crippen molar-refractivity contribution in [3.63, 3.8) is 0 Å². The Labute approximate surface area is 137 Å². The molecule has 0 aliphatic carbocycles. The van der Waals surface area contributed by atoms with E-state index in [4.69, 9.17) is 5.11 Å². The van der Waals surface area contributed by atoms with Crippen molar-refractivity contribution < 1.29 is 15.0 Å². The average Bonchev–Trinajstić information content (AvgIpc) is 2.74. The van der Waals surface area contributed by atoms with Gasteiger partial charge in [-0.3, -0.25) is 9.98 Å². The predicted molar refractivity (Wildman–Crippen MR) is 93.0 cm³/mol. The summed E-state index contributed by atoms with van der Waals surface area (Å²) in [4.78, 5) is 19.0. The van der Waals surface area contributed by atoms with Crippen LogP contribution in [0.5, 0.6) is 0 Å². The van der Waals surface area contributed by atoms with Crippen molar-refractivity contribution in [1.29, 1.82) is 0 Å². The monoisotopic (exact) mass is 324 g/mol. The van der Waals surface area contributed by atoms with Gasteiger partial charge >= 0.3 is 5.97 Å². The fourth-order valence-electron chi connectivity index (χ4n) is 1.66. The van der Waals surface area contributed by atoms with E-state index in [-0.39, 0.29) is 11.5 Å². The highest BCUT2D eigenvalue weighted by Crippen LogP contribution is 2.10. The van der Waals surface area contributed by atoms with E-state index in [0.29, 0.717) is 24.7 Å². The van der Waals surface area contributed by atoms with Gasteiger partial charge in [0, 0.05) is 25.2 Å². The van der Waals surface area contributed by atoms with Gasteiger partial charge in [-0.15, -0.1) is 0 Å². The Morgan fingerprint density at radius 3 is 2.57 bits per heavy atom. The van der Waals surface area contributed by atoms with E-state index < -0.39 is 12.1 Å². The second-order valence-electron chi connectivity index (χ2n) is 4.51. The van der Waals surface area contributed by atoms with Crippen LogP contribution < -0.4 is 10.6 Å². The Morgan fingerprint density at radius 2 is 1.96 bits per heavy atom.